The molecule has 1 fully saturated rings. The van der Waals surface area contributed by atoms with E-state index in [4.69, 9.17) is 9.84 Å². The van der Waals surface area contributed by atoms with Gasteiger partial charge in [0.25, 0.3) is 0 Å². The van der Waals surface area contributed by atoms with Crippen molar-refractivity contribution in [3.63, 3.8) is 0 Å². The summed E-state index contributed by atoms with van der Waals surface area (Å²) in [5.41, 5.74) is -0.882. The summed E-state index contributed by atoms with van der Waals surface area (Å²) < 4.78 is 5.21. The molecule has 19 heavy (non-hydrogen) atoms. The standard InChI is InChI=1S/C11H13N3O5/c15-11(16)8-3-10(13-5-9(8)14(17)18)12-4-7-1-2-19-6-7/h3,5,7H,1-2,4,6H2,(H,12,13)(H,15,16). The van der Waals surface area contributed by atoms with Gasteiger partial charge in [-0.05, 0) is 6.42 Å². The van der Waals surface area contributed by atoms with E-state index in [9.17, 15) is 14.9 Å². The minimum absolute atomic E-state index is 0.315. The van der Waals surface area contributed by atoms with Crippen molar-refractivity contribution in [2.45, 2.75) is 6.42 Å². The number of nitro groups is 1. The molecule has 8 nitrogen and oxygen atoms in total. The lowest BCUT2D eigenvalue weighted by molar-refractivity contribution is -0.385. The highest BCUT2D eigenvalue weighted by Crippen LogP contribution is 2.21. The summed E-state index contributed by atoms with van der Waals surface area (Å²) in [5, 5.41) is 22.6. The number of nitrogens with zero attached hydrogens (tertiary/aromatic N) is 2. The summed E-state index contributed by atoms with van der Waals surface area (Å²) >= 11 is 0. The molecule has 1 saturated heterocycles. The van der Waals surface area contributed by atoms with Crippen LogP contribution in [-0.2, 0) is 4.74 Å². The van der Waals surface area contributed by atoms with Crippen LogP contribution in [0.1, 0.15) is 16.8 Å². The molecule has 1 aliphatic heterocycles. The van der Waals surface area contributed by atoms with Gasteiger partial charge in [-0.25, -0.2) is 9.78 Å². The molecule has 2 rings (SSSR count). The summed E-state index contributed by atoms with van der Waals surface area (Å²) in [6.45, 7) is 1.98. The number of carboxylic acids is 1. The van der Waals surface area contributed by atoms with Gasteiger partial charge in [-0.3, -0.25) is 10.1 Å². The van der Waals surface area contributed by atoms with Gasteiger partial charge in [0, 0.05) is 25.1 Å². The van der Waals surface area contributed by atoms with Crippen molar-refractivity contribution in [3.05, 3.63) is 27.9 Å². The van der Waals surface area contributed by atoms with Gasteiger partial charge in [0.05, 0.1) is 11.5 Å². The first-order valence-electron chi connectivity index (χ1n) is 5.77. The van der Waals surface area contributed by atoms with E-state index in [2.05, 4.69) is 10.3 Å². The predicted molar refractivity (Wildman–Crippen MR) is 65.3 cm³/mol. The van der Waals surface area contributed by atoms with E-state index in [1.165, 1.54) is 6.07 Å². The van der Waals surface area contributed by atoms with Crippen LogP contribution in [0.5, 0.6) is 0 Å². The monoisotopic (exact) mass is 267 g/mol. The number of rotatable bonds is 5. The minimum Gasteiger partial charge on any atom is -0.477 e. The van der Waals surface area contributed by atoms with Gasteiger partial charge < -0.3 is 15.2 Å². The SMILES string of the molecule is O=C(O)c1cc(NCC2CCOC2)ncc1[N+](=O)[O-]. The quantitative estimate of drug-likeness (QED) is 0.607. The number of nitrogens with one attached hydrogen (secondary N) is 1. The Balaban J connectivity index is 2.11. The van der Waals surface area contributed by atoms with Crippen molar-refractivity contribution < 1.29 is 19.6 Å². The van der Waals surface area contributed by atoms with Gasteiger partial charge in [-0.2, -0.15) is 0 Å². The number of hydrogen-bond donors (Lipinski definition) is 2. The molecule has 0 aromatic carbocycles. The molecule has 0 bridgehead atoms. The molecular formula is C11H13N3O5. The van der Waals surface area contributed by atoms with Crippen LogP contribution in [0.3, 0.4) is 0 Å². The maximum absolute atomic E-state index is 11.0. The zero-order chi connectivity index (χ0) is 13.8. The first kappa shape index (κ1) is 13.2. The van der Waals surface area contributed by atoms with Crippen molar-refractivity contribution in [2.75, 3.05) is 25.1 Å². The number of aromatic nitrogens is 1. The highest BCUT2D eigenvalue weighted by molar-refractivity contribution is 5.93. The highest BCUT2D eigenvalue weighted by Gasteiger charge is 2.21. The molecule has 2 N–H and O–H groups in total. The van der Waals surface area contributed by atoms with Gasteiger partial charge in [0.1, 0.15) is 17.6 Å². The van der Waals surface area contributed by atoms with Crippen LogP contribution in [0.4, 0.5) is 11.5 Å². The molecule has 0 aliphatic carbocycles. The van der Waals surface area contributed by atoms with Gasteiger partial charge in [0.15, 0.2) is 0 Å². The fourth-order valence-electron chi connectivity index (χ4n) is 1.85. The summed E-state index contributed by atoms with van der Waals surface area (Å²) in [6.07, 6.45) is 1.89. The summed E-state index contributed by atoms with van der Waals surface area (Å²) in [4.78, 5) is 24.7. The molecule has 1 aliphatic rings. The maximum atomic E-state index is 11.0. The second kappa shape index (κ2) is 5.61. The summed E-state index contributed by atoms with van der Waals surface area (Å²) in [7, 11) is 0. The Kier molecular flexibility index (Phi) is 3.91. The highest BCUT2D eigenvalue weighted by atomic mass is 16.6. The average molecular weight is 267 g/mol. The number of pyridine rings is 1. The summed E-state index contributed by atoms with van der Waals surface area (Å²) in [6, 6.07) is 1.18. The molecule has 2 heterocycles. The van der Waals surface area contributed by atoms with Crippen LogP contribution in [0.2, 0.25) is 0 Å². The van der Waals surface area contributed by atoms with E-state index >= 15 is 0 Å². The molecule has 1 aromatic heterocycles. The van der Waals surface area contributed by atoms with Gasteiger partial charge in [-0.15, -0.1) is 0 Å². The lowest BCUT2D eigenvalue weighted by atomic mass is 10.1. The van der Waals surface area contributed by atoms with E-state index in [-0.39, 0.29) is 5.56 Å². The molecule has 1 atom stereocenters. The maximum Gasteiger partial charge on any atom is 0.342 e. The van der Waals surface area contributed by atoms with E-state index < -0.39 is 16.6 Å². The molecule has 1 aromatic rings. The molecule has 0 radical (unpaired) electrons. The van der Waals surface area contributed by atoms with Crippen LogP contribution in [0, 0.1) is 16.0 Å². The van der Waals surface area contributed by atoms with Gasteiger partial charge in [-0.1, -0.05) is 0 Å². The molecule has 8 heteroatoms. The third-order valence-electron chi connectivity index (χ3n) is 2.91. The van der Waals surface area contributed by atoms with Crippen molar-refractivity contribution in [1.82, 2.24) is 4.98 Å². The largest absolute Gasteiger partial charge is 0.477 e. The van der Waals surface area contributed by atoms with Crippen molar-refractivity contribution >= 4 is 17.5 Å². The number of carboxylic acid groups (broad SMARTS) is 1. The number of anilines is 1. The molecule has 102 valence electrons. The fourth-order valence-corrected chi connectivity index (χ4v) is 1.85. The van der Waals surface area contributed by atoms with Crippen LogP contribution < -0.4 is 5.32 Å². The molecule has 0 amide bonds. The molecule has 0 spiro atoms. The molecular weight excluding hydrogens is 254 g/mol. The molecule has 1 unspecified atom stereocenters. The lowest BCUT2D eigenvalue weighted by Crippen LogP contribution is -2.15. The number of carbonyl (C=O) groups is 1. The minimum atomic E-state index is -1.35. The van der Waals surface area contributed by atoms with Crippen molar-refractivity contribution in [1.29, 1.82) is 0 Å². The number of aromatic carboxylic acids is 1. The topological polar surface area (TPSA) is 115 Å². The van der Waals surface area contributed by atoms with Crippen LogP contribution >= 0.6 is 0 Å². The Morgan fingerprint density at radius 3 is 3.05 bits per heavy atom. The number of ether oxygens (including phenoxy) is 1. The Morgan fingerprint density at radius 1 is 1.68 bits per heavy atom. The predicted octanol–water partition coefficient (Wildman–Crippen LogP) is 1.14. The van der Waals surface area contributed by atoms with Crippen LogP contribution in [0.15, 0.2) is 12.3 Å². The Hall–Kier alpha value is -2.22. The lowest BCUT2D eigenvalue weighted by Gasteiger charge is -2.10. The van der Waals surface area contributed by atoms with E-state index in [0.717, 1.165) is 19.2 Å². The Labute approximate surface area is 108 Å². The smallest absolute Gasteiger partial charge is 0.342 e. The van der Waals surface area contributed by atoms with Gasteiger partial charge in [0.2, 0.25) is 0 Å². The number of hydrogen-bond acceptors (Lipinski definition) is 6. The Morgan fingerprint density at radius 2 is 2.47 bits per heavy atom. The third kappa shape index (κ3) is 3.16. The first-order chi connectivity index (χ1) is 9.08. The fraction of sp³-hybridized carbons (Fsp3) is 0.455. The second-order valence-electron chi connectivity index (χ2n) is 4.26. The molecule has 0 saturated carbocycles. The van der Waals surface area contributed by atoms with Crippen LogP contribution in [0.25, 0.3) is 0 Å². The summed E-state index contributed by atoms with van der Waals surface area (Å²) in [5.74, 6) is -0.679. The zero-order valence-corrected chi connectivity index (χ0v) is 10.0. The van der Waals surface area contributed by atoms with Crippen molar-refractivity contribution in [3.8, 4) is 0 Å². The van der Waals surface area contributed by atoms with E-state index in [1.807, 2.05) is 0 Å². The second-order valence-corrected chi connectivity index (χ2v) is 4.26. The zero-order valence-electron chi connectivity index (χ0n) is 10.0. The van der Waals surface area contributed by atoms with Gasteiger partial charge >= 0.3 is 11.7 Å². The third-order valence-corrected chi connectivity index (χ3v) is 2.91. The van der Waals surface area contributed by atoms with Crippen LogP contribution in [-0.4, -0.2) is 40.7 Å². The van der Waals surface area contributed by atoms with E-state index in [0.29, 0.717) is 24.9 Å². The van der Waals surface area contributed by atoms with Crippen molar-refractivity contribution in [2.24, 2.45) is 5.92 Å². The van der Waals surface area contributed by atoms with E-state index in [1.54, 1.807) is 0 Å². The normalized spacial score (nSPS) is 18.2. The average Bonchev–Trinajstić information content (AvgIpc) is 2.88. The first-order valence-corrected chi connectivity index (χ1v) is 5.77. The Bertz CT molecular complexity index is 499.